The lowest BCUT2D eigenvalue weighted by molar-refractivity contribution is -0.121. The van der Waals surface area contributed by atoms with Gasteiger partial charge in [-0.25, -0.2) is 4.98 Å². The van der Waals surface area contributed by atoms with Crippen LogP contribution in [-0.2, 0) is 17.6 Å². The van der Waals surface area contributed by atoms with E-state index >= 15 is 0 Å². The van der Waals surface area contributed by atoms with Crippen LogP contribution in [0.1, 0.15) is 24.4 Å². The van der Waals surface area contributed by atoms with Crippen molar-refractivity contribution in [1.82, 2.24) is 15.3 Å². The molecule has 0 atom stereocenters. The zero-order chi connectivity index (χ0) is 15.2. The quantitative estimate of drug-likeness (QED) is 0.659. The van der Waals surface area contributed by atoms with Gasteiger partial charge in [-0.05, 0) is 30.7 Å². The molecule has 5 nitrogen and oxygen atoms in total. The fourth-order valence-electron chi connectivity index (χ4n) is 2.39. The fraction of sp³-hybridized carbons (Fsp3) is 0.294. The van der Waals surface area contributed by atoms with Crippen molar-refractivity contribution >= 4 is 16.9 Å². The largest absolute Gasteiger partial charge is 0.469 e. The molecule has 0 unspecified atom stereocenters. The van der Waals surface area contributed by atoms with Gasteiger partial charge in [0, 0.05) is 25.8 Å². The highest BCUT2D eigenvalue weighted by molar-refractivity contribution is 5.76. The summed E-state index contributed by atoms with van der Waals surface area (Å²) >= 11 is 0. The Morgan fingerprint density at radius 3 is 2.91 bits per heavy atom. The number of benzene rings is 1. The first-order valence-electron chi connectivity index (χ1n) is 7.54. The molecule has 2 heterocycles. The smallest absolute Gasteiger partial charge is 0.220 e. The number of rotatable bonds is 7. The second-order valence-corrected chi connectivity index (χ2v) is 5.23. The van der Waals surface area contributed by atoms with E-state index in [1.807, 2.05) is 36.4 Å². The van der Waals surface area contributed by atoms with E-state index in [0.29, 0.717) is 19.4 Å². The number of aromatic nitrogens is 2. The Labute approximate surface area is 128 Å². The maximum atomic E-state index is 11.7. The number of para-hydroxylation sites is 2. The zero-order valence-electron chi connectivity index (χ0n) is 12.3. The molecule has 0 aliphatic heterocycles. The third-order valence-corrected chi connectivity index (χ3v) is 3.53. The number of carbonyl (C=O) groups is 1. The summed E-state index contributed by atoms with van der Waals surface area (Å²) in [4.78, 5) is 19.5. The predicted molar refractivity (Wildman–Crippen MR) is 84.5 cm³/mol. The van der Waals surface area contributed by atoms with Crippen molar-refractivity contribution in [2.24, 2.45) is 0 Å². The summed E-state index contributed by atoms with van der Waals surface area (Å²) < 4.78 is 5.20. The minimum absolute atomic E-state index is 0.0565. The highest BCUT2D eigenvalue weighted by Gasteiger charge is 2.05. The molecule has 0 fully saturated rings. The highest BCUT2D eigenvalue weighted by Crippen LogP contribution is 2.11. The minimum atomic E-state index is 0.0565. The van der Waals surface area contributed by atoms with Crippen LogP contribution in [0.3, 0.4) is 0 Å². The van der Waals surface area contributed by atoms with Gasteiger partial charge >= 0.3 is 0 Å². The number of furan rings is 1. The van der Waals surface area contributed by atoms with Crippen LogP contribution < -0.4 is 5.32 Å². The Kier molecular flexibility index (Phi) is 4.53. The Morgan fingerprint density at radius 2 is 2.09 bits per heavy atom. The Balaban J connectivity index is 1.37. The fourth-order valence-corrected chi connectivity index (χ4v) is 2.39. The van der Waals surface area contributed by atoms with E-state index in [0.717, 1.165) is 35.5 Å². The number of hydrogen-bond acceptors (Lipinski definition) is 3. The Morgan fingerprint density at radius 1 is 1.18 bits per heavy atom. The third kappa shape index (κ3) is 3.75. The number of H-pyrrole nitrogens is 1. The van der Waals surface area contributed by atoms with Gasteiger partial charge < -0.3 is 14.7 Å². The number of nitrogens with one attached hydrogen (secondary N) is 2. The van der Waals surface area contributed by atoms with Crippen molar-refractivity contribution in [3.05, 3.63) is 54.2 Å². The number of hydrogen-bond donors (Lipinski definition) is 2. The van der Waals surface area contributed by atoms with Gasteiger partial charge in [0.05, 0.1) is 17.3 Å². The first-order valence-corrected chi connectivity index (χ1v) is 7.54. The lowest BCUT2D eigenvalue weighted by Crippen LogP contribution is -2.25. The second-order valence-electron chi connectivity index (χ2n) is 5.23. The number of amides is 1. The van der Waals surface area contributed by atoms with Crippen molar-refractivity contribution in [3.8, 4) is 0 Å². The number of carbonyl (C=O) groups excluding carboxylic acids is 1. The molecule has 0 aliphatic carbocycles. The zero-order valence-corrected chi connectivity index (χ0v) is 12.3. The molecule has 0 aliphatic rings. The summed E-state index contributed by atoms with van der Waals surface area (Å²) in [5, 5.41) is 2.93. The van der Waals surface area contributed by atoms with Crippen molar-refractivity contribution < 1.29 is 9.21 Å². The summed E-state index contributed by atoms with van der Waals surface area (Å²) in [6, 6.07) is 11.7. The topological polar surface area (TPSA) is 70.9 Å². The summed E-state index contributed by atoms with van der Waals surface area (Å²) in [7, 11) is 0. The number of aromatic amines is 1. The van der Waals surface area contributed by atoms with Gasteiger partial charge in [-0.3, -0.25) is 4.79 Å². The average molecular weight is 297 g/mol. The van der Waals surface area contributed by atoms with Crippen LogP contribution in [0.2, 0.25) is 0 Å². The molecule has 0 saturated heterocycles. The van der Waals surface area contributed by atoms with Crippen LogP contribution in [0, 0.1) is 0 Å². The molecule has 0 spiro atoms. The maximum Gasteiger partial charge on any atom is 0.220 e. The van der Waals surface area contributed by atoms with Crippen LogP contribution in [0.4, 0.5) is 0 Å². The molecule has 1 aromatic carbocycles. The van der Waals surface area contributed by atoms with Gasteiger partial charge in [0.2, 0.25) is 5.91 Å². The van der Waals surface area contributed by atoms with Crippen LogP contribution in [0.15, 0.2) is 47.1 Å². The molecule has 0 bridgehead atoms. The van der Waals surface area contributed by atoms with Gasteiger partial charge in [0.15, 0.2) is 0 Å². The van der Waals surface area contributed by atoms with E-state index in [2.05, 4.69) is 15.3 Å². The molecule has 0 saturated carbocycles. The van der Waals surface area contributed by atoms with Crippen molar-refractivity contribution in [2.75, 3.05) is 6.54 Å². The van der Waals surface area contributed by atoms with E-state index in [1.165, 1.54) is 0 Å². The molecule has 22 heavy (non-hydrogen) atoms. The van der Waals surface area contributed by atoms with E-state index < -0.39 is 0 Å². The number of aryl methyl sites for hydroxylation is 2. The minimum Gasteiger partial charge on any atom is -0.469 e. The molecule has 1 amide bonds. The summed E-state index contributed by atoms with van der Waals surface area (Å²) in [5.74, 6) is 1.87. The van der Waals surface area contributed by atoms with Crippen molar-refractivity contribution in [2.45, 2.75) is 25.7 Å². The highest BCUT2D eigenvalue weighted by atomic mass is 16.3. The van der Waals surface area contributed by atoms with Crippen LogP contribution in [0.5, 0.6) is 0 Å². The standard InChI is InChI=1S/C17H19N3O2/c21-17(10-9-13-5-4-12-22-13)18-11-3-8-16-19-14-6-1-2-7-15(14)20-16/h1-2,4-7,12H,3,8-11H2,(H,18,21)(H,19,20). The molecular weight excluding hydrogens is 278 g/mol. The van der Waals surface area contributed by atoms with Crippen LogP contribution >= 0.6 is 0 Å². The Hall–Kier alpha value is -2.56. The van der Waals surface area contributed by atoms with Gasteiger partial charge in [-0.15, -0.1) is 0 Å². The summed E-state index contributed by atoms with van der Waals surface area (Å²) in [6.45, 7) is 0.661. The van der Waals surface area contributed by atoms with Crippen molar-refractivity contribution in [3.63, 3.8) is 0 Å². The van der Waals surface area contributed by atoms with Crippen LogP contribution in [0.25, 0.3) is 11.0 Å². The first kappa shape index (κ1) is 14.4. The van der Waals surface area contributed by atoms with E-state index in [4.69, 9.17) is 4.42 Å². The van der Waals surface area contributed by atoms with E-state index in [-0.39, 0.29) is 5.91 Å². The summed E-state index contributed by atoms with van der Waals surface area (Å²) in [6.07, 6.45) is 4.42. The number of imidazole rings is 1. The number of nitrogens with zero attached hydrogens (tertiary/aromatic N) is 1. The molecule has 2 aromatic heterocycles. The molecule has 3 rings (SSSR count). The monoisotopic (exact) mass is 297 g/mol. The first-order chi connectivity index (χ1) is 10.8. The van der Waals surface area contributed by atoms with E-state index in [1.54, 1.807) is 6.26 Å². The Bertz CT molecular complexity index is 698. The van der Waals surface area contributed by atoms with E-state index in [9.17, 15) is 4.79 Å². The normalized spacial score (nSPS) is 10.9. The lowest BCUT2D eigenvalue weighted by Gasteiger charge is -2.03. The van der Waals surface area contributed by atoms with Crippen molar-refractivity contribution in [1.29, 1.82) is 0 Å². The molecule has 2 N–H and O–H groups in total. The molecule has 0 radical (unpaired) electrons. The van der Waals surface area contributed by atoms with Gasteiger partial charge in [0.1, 0.15) is 11.6 Å². The van der Waals surface area contributed by atoms with Gasteiger partial charge in [-0.1, -0.05) is 12.1 Å². The molecular formula is C17H19N3O2. The van der Waals surface area contributed by atoms with Crippen LogP contribution in [-0.4, -0.2) is 22.4 Å². The third-order valence-electron chi connectivity index (χ3n) is 3.53. The molecule has 114 valence electrons. The average Bonchev–Trinajstić information content (AvgIpc) is 3.18. The summed E-state index contributed by atoms with van der Waals surface area (Å²) in [5.41, 5.74) is 2.04. The van der Waals surface area contributed by atoms with Gasteiger partial charge in [0.25, 0.3) is 0 Å². The second kappa shape index (κ2) is 6.93. The predicted octanol–water partition coefficient (Wildman–Crippen LogP) is 2.84. The molecule has 3 aromatic rings. The SMILES string of the molecule is O=C(CCc1ccco1)NCCCc1nc2ccccc2[nH]1. The van der Waals surface area contributed by atoms with Gasteiger partial charge in [-0.2, -0.15) is 0 Å². The number of fused-ring (bicyclic) bond motifs is 1. The maximum absolute atomic E-state index is 11.7. The lowest BCUT2D eigenvalue weighted by atomic mass is 10.2. The molecule has 5 heteroatoms.